The molecule has 26 heavy (non-hydrogen) atoms. The summed E-state index contributed by atoms with van der Waals surface area (Å²) in [6.07, 6.45) is 5.68. The minimum Gasteiger partial charge on any atom is -0.459 e. The number of likely N-dealkylation sites (tertiary alicyclic amines) is 1. The number of para-hydroxylation sites is 1. The van der Waals surface area contributed by atoms with Crippen LogP contribution in [0.5, 0.6) is 0 Å². The van der Waals surface area contributed by atoms with E-state index in [1.165, 1.54) is 12.8 Å². The Morgan fingerprint density at radius 3 is 2.77 bits per heavy atom. The lowest BCUT2D eigenvalue weighted by Crippen LogP contribution is -2.49. The van der Waals surface area contributed by atoms with Crippen LogP contribution in [-0.2, 0) is 16.1 Å². The van der Waals surface area contributed by atoms with Crippen LogP contribution in [-0.4, -0.2) is 29.3 Å². The number of nitrogens with zero attached hydrogens (tertiary/aromatic N) is 1. The molecule has 0 spiro atoms. The number of piperidine rings is 1. The number of hydrogen-bond donors (Lipinski definition) is 1. The van der Waals surface area contributed by atoms with Crippen molar-refractivity contribution in [1.82, 2.24) is 10.2 Å². The number of carbonyl (C=O) groups is 2. The normalized spacial score (nSPS) is 21.5. The molecule has 0 unspecified atom stereocenters. The molecule has 2 heterocycles. The Balaban J connectivity index is 1.39. The predicted molar refractivity (Wildman–Crippen MR) is 99.5 cm³/mol. The third kappa shape index (κ3) is 3.22. The summed E-state index contributed by atoms with van der Waals surface area (Å²) in [5, 5.41) is 4.12. The van der Waals surface area contributed by atoms with Gasteiger partial charge in [0.1, 0.15) is 11.3 Å². The number of furan rings is 1. The van der Waals surface area contributed by atoms with Gasteiger partial charge in [0.15, 0.2) is 0 Å². The molecule has 1 aliphatic heterocycles. The summed E-state index contributed by atoms with van der Waals surface area (Å²) >= 11 is 0. The molecule has 5 nitrogen and oxygen atoms in total. The zero-order chi connectivity index (χ0) is 18.1. The monoisotopic (exact) mass is 354 g/mol. The molecular weight excluding hydrogens is 328 g/mol. The van der Waals surface area contributed by atoms with Crippen molar-refractivity contribution in [3.8, 4) is 0 Å². The van der Waals surface area contributed by atoms with Crippen LogP contribution in [0.3, 0.4) is 0 Å². The highest BCUT2D eigenvalue weighted by molar-refractivity contribution is 5.85. The first-order valence-electron chi connectivity index (χ1n) is 9.67. The Hall–Kier alpha value is -2.30. The first-order valence-corrected chi connectivity index (χ1v) is 9.67. The van der Waals surface area contributed by atoms with Crippen LogP contribution < -0.4 is 5.32 Å². The lowest BCUT2D eigenvalue weighted by Gasteiger charge is -2.36. The summed E-state index contributed by atoms with van der Waals surface area (Å²) in [5.74, 6) is 0.937. The maximum atomic E-state index is 12.7. The highest BCUT2D eigenvalue weighted by Gasteiger charge is 2.35. The zero-order valence-electron chi connectivity index (χ0n) is 15.3. The van der Waals surface area contributed by atoms with Crippen LogP contribution in [0.1, 0.15) is 49.8 Å². The van der Waals surface area contributed by atoms with Crippen molar-refractivity contribution in [1.29, 1.82) is 0 Å². The molecule has 0 radical (unpaired) electrons. The van der Waals surface area contributed by atoms with Crippen LogP contribution in [0.15, 0.2) is 28.7 Å². The van der Waals surface area contributed by atoms with Gasteiger partial charge in [-0.05, 0) is 32.3 Å². The van der Waals surface area contributed by atoms with Gasteiger partial charge in [0.25, 0.3) is 0 Å². The molecule has 2 aliphatic rings. The van der Waals surface area contributed by atoms with E-state index in [9.17, 15) is 9.59 Å². The average molecular weight is 354 g/mol. The maximum absolute atomic E-state index is 12.7. The van der Waals surface area contributed by atoms with Crippen LogP contribution in [0, 0.1) is 12.8 Å². The minimum absolute atomic E-state index is 0.0281. The Morgan fingerprint density at radius 2 is 2.00 bits per heavy atom. The first kappa shape index (κ1) is 17.1. The average Bonchev–Trinajstić information content (AvgIpc) is 3.29. The molecule has 1 saturated heterocycles. The molecule has 1 aromatic carbocycles. The molecule has 0 bridgehead atoms. The number of aryl methyl sites for hydroxylation is 1. The Morgan fingerprint density at radius 1 is 1.23 bits per heavy atom. The fraction of sp³-hybridized carbons (Fsp3) is 0.524. The maximum Gasteiger partial charge on any atom is 0.225 e. The van der Waals surface area contributed by atoms with E-state index in [0.29, 0.717) is 32.0 Å². The molecule has 1 aliphatic carbocycles. The number of carbonyl (C=O) groups excluding carboxylic acids is 2. The molecular formula is C21H26N2O3. The molecule has 2 fully saturated rings. The van der Waals surface area contributed by atoms with E-state index in [4.69, 9.17) is 4.42 Å². The van der Waals surface area contributed by atoms with Gasteiger partial charge in [-0.3, -0.25) is 9.59 Å². The van der Waals surface area contributed by atoms with Crippen molar-refractivity contribution in [2.45, 2.75) is 58.0 Å². The van der Waals surface area contributed by atoms with Gasteiger partial charge in [0.2, 0.25) is 11.8 Å². The molecule has 5 heteroatoms. The zero-order valence-corrected chi connectivity index (χ0v) is 15.3. The van der Waals surface area contributed by atoms with Crippen LogP contribution in [0.2, 0.25) is 0 Å². The SMILES string of the molecule is Cc1c(CNC(=O)[C@@H]2CCC(=O)N(C3CCCC3)C2)oc2ccccc12. The van der Waals surface area contributed by atoms with Crippen molar-refractivity contribution in [2.75, 3.05) is 6.54 Å². The topological polar surface area (TPSA) is 62.6 Å². The van der Waals surface area contributed by atoms with Crippen LogP contribution in [0.4, 0.5) is 0 Å². The Labute approximate surface area is 153 Å². The van der Waals surface area contributed by atoms with Gasteiger partial charge < -0.3 is 14.6 Å². The largest absolute Gasteiger partial charge is 0.459 e. The van der Waals surface area contributed by atoms with E-state index in [2.05, 4.69) is 5.32 Å². The number of rotatable bonds is 4. The van der Waals surface area contributed by atoms with E-state index in [1.54, 1.807) is 0 Å². The van der Waals surface area contributed by atoms with E-state index in [-0.39, 0.29) is 17.7 Å². The second kappa shape index (κ2) is 7.14. The van der Waals surface area contributed by atoms with Crippen LogP contribution >= 0.6 is 0 Å². The van der Waals surface area contributed by atoms with Gasteiger partial charge >= 0.3 is 0 Å². The lowest BCUT2D eigenvalue weighted by molar-refractivity contribution is -0.140. The number of fused-ring (bicyclic) bond motifs is 1. The van der Waals surface area contributed by atoms with E-state index >= 15 is 0 Å². The molecule has 2 aromatic rings. The number of hydrogen-bond acceptors (Lipinski definition) is 3. The molecule has 2 amide bonds. The van der Waals surface area contributed by atoms with Crippen molar-refractivity contribution < 1.29 is 14.0 Å². The summed E-state index contributed by atoms with van der Waals surface area (Å²) in [6, 6.07) is 8.26. The molecule has 1 saturated carbocycles. The first-order chi connectivity index (χ1) is 12.6. The van der Waals surface area contributed by atoms with E-state index in [1.807, 2.05) is 36.1 Å². The van der Waals surface area contributed by atoms with Crippen molar-refractivity contribution in [2.24, 2.45) is 5.92 Å². The quantitative estimate of drug-likeness (QED) is 0.913. The van der Waals surface area contributed by atoms with Gasteiger partial charge in [-0.15, -0.1) is 0 Å². The van der Waals surface area contributed by atoms with Crippen LogP contribution in [0.25, 0.3) is 11.0 Å². The minimum atomic E-state index is -0.113. The van der Waals surface area contributed by atoms with Gasteiger partial charge in [0.05, 0.1) is 12.5 Å². The van der Waals surface area contributed by atoms with Crippen molar-refractivity contribution in [3.63, 3.8) is 0 Å². The summed E-state index contributed by atoms with van der Waals surface area (Å²) in [6.45, 7) is 2.98. The Kier molecular flexibility index (Phi) is 4.70. The molecule has 1 N–H and O–H groups in total. The highest BCUT2D eigenvalue weighted by atomic mass is 16.3. The molecule has 1 atom stereocenters. The third-order valence-corrected chi connectivity index (χ3v) is 5.95. The Bertz CT molecular complexity index is 820. The predicted octanol–water partition coefficient (Wildman–Crippen LogP) is 3.54. The lowest BCUT2D eigenvalue weighted by atomic mass is 9.95. The van der Waals surface area contributed by atoms with E-state index in [0.717, 1.165) is 35.1 Å². The van der Waals surface area contributed by atoms with Gasteiger partial charge in [0, 0.05) is 30.0 Å². The second-order valence-corrected chi connectivity index (χ2v) is 7.58. The van der Waals surface area contributed by atoms with Gasteiger partial charge in [-0.2, -0.15) is 0 Å². The van der Waals surface area contributed by atoms with Crippen molar-refractivity contribution in [3.05, 3.63) is 35.6 Å². The molecule has 138 valence electrons. The summed E-state index contributed by atoms with van der Waals surface area (Å²) < 4.78 is 5.88. The number of amides is 2. The molecule has 4 rings (SSSR count). The van der Waals surface area contributed by atoms with Gasteiger partial charge in [-0.1, -0.05) is 31.0 Å². The third-order valence-electron chi connectivity index (χ3n) is 5.95. The fourth-order valence-corrected chi connectivity index (χ4v) is 4.36. The summed E-state index contributed by atoms with van der Waals surface area (Å²) in [4.78, 5) is 26.9. The molecule has 1 aromatic heterocycles. The summed E-state index contributed by atoms with van der Waals surface area (Å²) in [5.41, 5.74) is 1.93. The highest BCUT2D eigenvalue weighted by Crippen LogP contribution is 2.29. The van der Waals surface area contributed by atoms with Gasteiger partial charge in [-0.25, -0.2) is 0 Å². The van der Waals surface area contributed by atoms with Crippen molar-refractivity contribution >= 4 is 22.8 Å². The second-order valence-electron chi connectivity index (χ2n) is 7.58. The standard InChI is InChI=1S/C21H26N2O3/c1-14-17-8-4-5-9-18(17)26-19(14)12-22-21(25)15-10-11-20(24)23(13-15)16-6-2-3-7-16/h4-5,8-9,15-16H,2-3,6-7,10-13H2,1H3,(H,22,25)/t15-/m1/s1. The number of benzene rings is 1. The summed E-state index contributed by atoms with van der Waals surface area (Å²) in [7, 11) is 0. The smallest absolute Gasteiger partial charge is 0.225 e. The van der Waals surface area contributed by atoms with E-state index < -0.39 is 0 Å². The fourth-order valence-electron chi connectivity index (χ4n) is 4.36. The number of nitrogens with one attached hydrogen (secondary N) is 1.